The van der Waals surface area contributed by atoms with Crippen molar-refractivity contribution in [3.63, 3.8) is 0 Å². The molecule has 2 unspecified atom stereocenters. The summed E-state index contributed by atoms with van der Waals surface area (Å²) >= 11 is 0. The van der Waals surface area contributed by atoms with Gasteiger partial charge in [-0.05, 0) is 18.6 Å². The monoisotopic (exact) mass is 190 g/mol. The standard InChI is InChI=1S/C12H14O2/c1-12(9-11(13)7-8-14-12)10-5-3-2-4-6-10/h2-8,11,13H,9H2,1H3. The Hall–Kier alpha value is -1.28. The Morgan fingerprint density at radius 1 is 1.36 bits per heavy atom. The van der Waals surface area contributed by atoms with Crippen molar-refractivity contribution in [2.75, 3.05) is 0 Å². The molecule has 2 nitrogen and oxygen atoms in total. The maximum Gasteiger partial charge on any atom is 0.133 e. The number of benzene rings is 1. The second-order valence-corrected chi connectivity index (χ2v) is 3.81. The van der Waals surface area contributed by atoms with Gasteiger partial charge in [0, 0.05) is 6.42 Å². The largest absolute Gasteiger partial charge is 0.491 e. The number of rotatable bonds is 1. The molecular formula is C12H14O2. The highest BCUT2D eigenvalue weighted by atomic mass is 16.5. The van der Waals surface area contributed by atoms with Crippen LogP contribution in [0, 0.1) is 0 Å². The maximum absolute atomic E-state index is 9.54. The van der Waals surface area contributed by atoms with E-state index in [0.717, 1.165) is 5.56 Å². The Balaban J connectivity index is 2.29. The summed E-state index contributed by atoms with van der Waals surface area (Å²) in [4.78, 5) is 0. The van der Waals surface area contributed by atoms with Crippen molar-refractivity contribution in [2.45, 2.75) is 25.0 Å². The predicted molar refractivity (Wildman–Crippen MR) is 54.6 cm³/mol. The van der Waals surface area contributed by atoms with E-state index < -0.39 is 11.7 Å². The van der Waals surface area contributed by atoms with Gasteiger partial charge in [-0.2, -0.15) is 0 Å². The molecule has 0 radical (unpaired) electrons. The summed E-state index contributed by atoms with van der Waals surface area (Å²) in [5.74, 6) is 0. The molecule has 1 aromatic rings. The molecule has 14 heavy (non-hydrogen) atoms. The van der Waals surface area contributed by atoms with Gasteiger partial charge in [-0.15, -0.1) is 0 Å². The van der Waals surface area contributed by atoms with Gasteiger partial charge in [-0.3, -0.25) is 0 Å². The molecule has 1 heterocycles. The lowest BCUT2D eigenvalue weighted by Crippen LogP contribution is -2.31. The Kier molecular flexibility index (Phi) is 2.30. The van der Waals surface area contributed by atoms with Gasteiger partial charge < -0.3 is 9.84 Å². The molecule has 1 aliphatic heterocycles. The molecular weight excluding hydrogens is 176 g/mol. The molecule has 0 fully saturated rings. The third kappa shape index (κ3) is 1.66. The van der Waals surface area contributed by atoms with Gasteiger partial charge in [-0.1, -0.05) is 30.3 Å². The van der Waals surface area contributed by atoms with Crippen LogP contribution in [-0.4, -0.2) is 11.2 Å². The lowest BCUT2D eigenvalue weighted by atomic mass is 9.88. The van der Waals surface area contributed by atoms with Gasteiger partial charge in [0.15, 0.2) is 0 Å². The summed E-state index contributed by atoms with van der Waals surface area (Å²) < 4.78 is 5.58. The first kappa shape index (κ1) is 9.28. The van der Waals surface area contributed by atoms with Crippen molar-refractivity contribution in [1.29, 1.82) is 0 Å². The Labute approximate surface area is 83.8 Å². The fourth-order valence-corrected chi connectivity index (χ4v) is 1.77. The molecule has 0 saturated carbocycles. The number of hydrogen-bond donors (Lipinski definition) is 1. The van der Waals surface area contributed by atoms with Crippen LogP contribution in [0.1, 0.15) is 18.9 Å². The number of aliphatic hydroxyl groups excluding tert-OH is 1. The zero-order valence-electron chi connectivity index (χ0n) is 8.18. The minimum atomic E-state index is -0.408. The van der Waals surface area contributed by atoms with Gasteiger partial charge in [0.1, 0.15) is 5.60 Å². The Bertz CT molecular complexity index is 331. The van der Waals surface area contributed by atoms with Crippen molar-refractivity contribution in [3.05, 3.63) is 48.2 Å². The minimum absolute atomic E-state index is 0.393. The average molecular weight is 190 g/mol. The summed E-state index contributed by atoms with van der Waals surface area (Å²) in [5.41, 5.74) is 0.707. The molecule has 2 atom stereocenters. The summed E-state index contributed by atoms with van der Waals surface area (Å²) in [6.07, 6.45) is 3.45. The molecule has 0 aliphatic carbocycles. The molecule has 0 spiro atoms. The zero-order chi connectivity index (χ0) is 10.0. The van der Waals surface area contributed by atoms with Crippen LogP contribution < -0.4 is 0 Å². The molecule has 0 aromatic heterocycles. The van der Waals surface area contributed by atoms with Crippen LogP contribution in [0.25, 0.3) is 0 Å². The fourth-order valence-electron chi connectivity index (χ4n) is 1.77. The van der Waals surface area contributed by atoms with E-state index in [1.807, 2.05) is 37.3 Å². The lowest BCUT2D eigenvalue weighted by molar-refractivity contribution is -0.0200. The molecule has 1 aliphatic rings. The van der Waals surface area contributed by atoms with E-state index >= 15 is 0 Å². The second kappa shape index (κ2) is 3.46. The van der Waals surface area contributed by atoms with Crippen LogP contribution >= 0.6 is 0 Å². The highest BCUT2D eigenvalue weighted by Crippen LogP contribution is 2.33. The van der Waals surface area contributed by atoms with E-state index in [1.54, 1.807) is 12.3 Å². The van der Waals surface area contributed by atoms with Gasteiger partial charge >= 0.3 is 0 Å². The molecule has 0 amide bonds. The molecule has 1 aromatic carbocycles. The van der Waals surface area contributed by atoms with Crippen LogP contribution in [0.2, 0.25) is 0 Å². The van der Waals surface area contributed by atoms with Crippen molar-refractivity contribution >= 4 is 0 Å². The van der Waals surface area contributed by atoms with Crippen molar-refractivity contribution in [1.82, 2.24) is 0 Å². The van der Waals surface area contributed by atoms with Gasteiger partial charge in [-0.25, -0.2) is 0 Å². The van der Waals surface area contributed by atoms with E-state index in [1.165, 1.54) is 0 Å². The van der Waals surface area contributed by atoms with Crippen molar-refractivity contribution < 1.29 is 9.84 Å². The van der Waals surface area contributed by atoms with Gasteiger partial charge in [0.2, 0.25) is 0 Å². The summed E-state index contributed by atoms with van der Waals surface area (Å²) in [6, 6.07) is 9.98. The van der Waals surface area contributed by atoms with Gasteiger partial charge in [0.05, 0.1) is 12.4 Å². The quantitative estimate of drug-likeness (QED) is 0.735. The van der Waals surface area contributed by atoms with Crippen LogP contribution in [0.5, 0.6) is 0 Å². The molecule has 1 N–H and O–H groups in total. The first-order valence-corrected chi connectivity index (χ1v) is 4.79. The smallest absolute Gasteiger partial charge is 0.133 e. The Morgan fingerprint density at radius 2 is 2.07 bits per heavy atom. The normalized spacial score (nSPS) is 31.1. The maximum atomic E-state index is 9.54. The van der Waals surface area contributed by atoms with E-state index in [9.17, 15) is 5.11 Å². The molecule has 74 valence electrons. The third-order valence-corrected chi connectivity index (χ3v) is 2.61. The highest BCUT2D eigenvalue weighted by Gasteiger charge is 2.32. The van der Waals surface area contributed by atoms with E-state index in [-0.39, 0.29) is 0 Å². The van der Waals surface area contributed by atoms with Crippen LogP contribution in [-0.2, 0) is 10.3 Å². The van der Waals surface area contributed by atoms with E-state index in [2.05, 4.69) is 0 Å². The lowest BCUT2D eigenvalue weighted by Gasteiger charge is -2.33. The van der Waals surface area contributed by atoms with Crippen LogP contribution in [0.4, 0.5) is 0 Å². The SMILES string of the molecule is CC1(c2ccccc2)CC(O)C=CO1. The number of aliphatic hydroxyl groups is 1. The number of hydrogen-bond acceptors (Lipinski definition) is 2. The van der Waals surface area contributed by atoms with Crippen molar-refractivity contribution in [3.8, 4) is 0 Å². The molecule has 0 saturated heterocycles. The zero-order valence-corrected chi connectivity index (χ0v) is 8.18. The Morgan fingerprint density at radius 3 is 2.71 bits per heavy atom. The van der Waals surface area contributed by atoms with Gasteiger partial charge in [0.25, 0.3) is 0 Å². The first-order chi connectivity index (χ1) is 6.71. The third-order valence-electron chi connectivity index (χ3n) is 2.61. The average Bonchev–Trinajstić information content (AvgIpc) is 2.19. The minimum Gasteiger partial charge on any atom is -0.491 e. The predicted octanol–water partition coefficient (Wildman–Crippen LogP) is 2.20. The first-order valence-electron chi connectivity index (χ1n) is 4.79. The van der Waals surface area contributed by atoms with Crippen LogP contribution in [0.3, 0.4) is 0 Å². The summed E-state index contributed by atoms with van der Waals surface area (Å²) in [7, 11) is 0. The summed E-state index contributed by atoms with van der Waals surface area (Å²) in [5, 5.41) is 9.54. The summed E-state index contributed by atoms with van der Waals surface area (Å²) in [6.45, 7) is 2.00. The molecule has 0 bridgehead atoms. The topological polar surface area (TPSA) is 29.5 Å². The van der Waals surface area contributed by atoms with Crippen molar-refractivity contribution in [2.24, 2.45) is 0 Å². The number of ether oxygens (including phenoxy) is 1. The van der Waals surface area contributed by atoms with Crippen LogP contribution in [0.15, 0.2) is 42.7 Å². The fraction of sp³-hybridized carbons (Fsp3) is 0.333. The van der Waals surface area contributed by atoms with E-state index in [4.69, 9.17) is 4.74 Å². The highest BCUT2D eigenvalue weighted by molar-refractivity contribution is 5.23. The molecule has 2 rings (SSSR count). The van der Waals surface area contributed by atoms with E-state index in [0.29, 0.717) is 6.42 Å². The second-order valence-electron chi connectivity index (χ2n) is 3.81. The molecule has 2 heteroatoms.